The molecule has 2 heterocycles. The number of ether oxygens (including phenoxy) is 1. The zero-order valence-corrected chi connectivity index (χ0v) is 16.5. The highest BCUT2D eigenvalue weighted by Gasteiger charge is 2.44. The quantitative estimate of drug-likeness (QED) is 0.502. The van der Waals surface area contributed by atoms with Crippen LogP contribution in [0.15, 0.2) is 72.8 Å². The summed E-state index contributed by atoms with van der Waals surface area (Å²) in [5.74, 6) is -0.442. The Morgan fingerprint density at radius 1 is 0.935 bits per heavy atom. The number of aromatic nitrogens is 2. The highest BCUT2D eigenvalue weighted by molar-refractivity contribution is 6.11. The largest absolute Gasteiger partial charge is 0.496 e. The minimum absolute atomic E-state index is 0.293. The summed E-state index contributed by atoms with van der Waals surface area (Å²) in [6.07, 6.45) is 0. The summed E-state index contributed by atoms with van der Waals surface area (Å²) in [4.78, 5) is 15.0. The van der Waals surface area contributed by atoms with Crippen LogP contribution in [0.25, 0.3) is 11.3 Å². The molecule has 0 saturated heterocycles. The number of carbonyl (C=O) groups excluding carboxylic acids is 1. The molecule has 1 aliphatic rings. The van der Waals surface area contributed by atoms with E-state index in [9.17, 15) is 13.6 Å². The van der Waals surface area contributed by atoms with Gasteiger partial charge in [-0.3, -0.25) is 14.8 Å². The number of fused-ring (bicyclic) bond motifs is 1. The van der Waals surface area contributed by atoms with E-state index < -0.39 is 11.9 Å². The Balaban J connectivity index is 1.75. The Morgan fingerprint density at radius 3 is 2.26 bits per heavy atom. The Hall–Kier alpha value is -4.00. The lowest BCUT2D eigenvalue weighted by Gasteiger charge is -2.27. The first kappa shape index (κ1) is 19.0. The van der Waals surface area contributed by atoms with Gasteiger partial charge in [0, 0.05) is 22.4 Å². The van der Waals surface area contributed by atoms with Gasteiger partial charge in [-0.1, -0.05) is 18.2 Å². The van der Waals surface area contributed by atoms with Crippen molar-refractivity contribution in [1.82, 2.24) is 10.2 Å². The van der Waals surface area contributed by atoms with Crippen molar-refractivity contribution in [3.63, 3.8) is 0 Å². The molecule has 1 aliphatic heterocycles. The Morgan fingerprint density at radius 2 is 1.58 bits per heavy atom. The molecule has 0 radical (unpaired) electrons. The molecule has 1 amide bonds. The first-order chi connectivity index (χ1) is 15.1. The maximum Gasteiger partial charge on any atom is 0.277 e. The second-order valence-electron chi connectivity index (χ2n) is 7.16. The molecule has 4 aromatic rings. The van der Waals surface area contributed by atoms with Crippen LogP contribution in [0.2, 0.25) is 0 Å². The number of methoxy groups -OCH3 is 1. The van der Waals surface area contributed by atoms with Crippen molar-refractivity contribution in [2.75, 3.05) is 12.0 Å². The third-order valence-corrected chi connectivity index (χ3v) is 5.42. The maximum absolute atomic E-state index is 13.6. The highest BCUT2D eigenvalue weighted by atomic mass is 19.1. The van der Waals surface area contributed by atoms with Crippen LogP contribution >= 0.6 is 0 Å². The van der Waals surface area contributed by atoms with Crippen LogP contribution in [0.4, 0.5) is 14.5 Å². The molecular weight excluding hydrogens is 400 g/mol. The number of H-pyrrole nitrogens is 1. The smallest absolute Gasteiger partial charge is 0.277 e. The van der Waals surface area contributed by atoms with Gasteiger partial charge in [0.25, 0.3) is 5.91 Å². The van der Waals surface area contributed by atoms with Gasteiger partial charge in [-0.05, 0) is 54.6 Å². The fourth-order valence-electron chi connectivity index (χ4n) is 4.03. The van der Waals surface area contributed by atoms with E-state index >= 15 is 0 Å². The lowest BCUT2D eigenvalue weighted by atomic mass is 9.95. The summed E-state index contributed by atoms with van der Waals surface area (Å²) in [5, 5.41) is 7.21. The number of nitrogens with zero attached hydrogens (tertiary/aromatic N) is 2. The zero-order chi connectivity index (χ0) is 21.5. The second kappa shape index (κ2) is 7.36. The van der Waals surface area contributed by atoms with Crippen LogP contribution in [-0.2, 0) is 0 Å². The SMILES string of the molecule is COc1ccccc1C1c2c(-c3ccc(F)cc3)n[nH]c2C(=O)N1c1ccc(F)cc1. The molecule has 7 heteroatoms. The average Bonchev–Trinajstić information content (AvgIpc) is 3.34. The number of anilines is 1. The fourth-order valence-corrected chi connectivity index (χ4v) is 4.03. The summed E-state index contributed by atoms with van der Waals surface area (Å²) in [6.45, 7) is 0. The topological polar surface area (TPSA) is 58.2 Å². The molecule has 31 heavy (non-hydrogen) atoms. The van der Waals surface area contributed by atoms with Crippen LogP contribution in [0.1, 0.15) is 27.7 Å². The number of halogens is 2. The second-order valence-corrected chi connectivity index (χ2v) is 7.16. The van der Waals surface area contributed by atoms with E-state index in [0.717, 1.165) is 5.56 Å². The molecule has 0 bridgehead atoms. The Labute approximate surface area is 176 Å². The lowest BCUT2D eigenvalue weighted by Crippen LogP contribution is -2.29. The molecule has 3 aromatic carbocycles. The van der Waals surface area contributed by atoms with E-state index in [4.69, 9.17) is 4.74 Å². The van der Waals surface area contributed by atoms with Crippen molar-refractivity contribution in [2.45, 2.75) is 6.04 Å². The van der Waals surface area contributed by atoms with E-state index in [-0.39, 0.29) is 11.7 Å². The summed E-state index contributed by atoms with van der Waals surface area (Å²) in [6, 6.07) is 18.5. The molecule has 154 valence electrons. The van der Waals surface area contributed by atoms with Crippen molar-refractivity contribution in [2.24, 2.45) is 0 Å². The van der Waals surface area contributed by atoms with Crippen molar-refractivity contribution < 1.29 is 18.3 Å². The minimum Gasteiger partial charge on any atom is -0.496 e. The van der Waals surface area contributed by atoms with E-state index in [1.165, 1.54) is 24.3 Å². The van der Waals surface area contributed by atoms with Crippen LogP contribution in [0.3, 0.4) is 0 Å². The molecule has 1 unspecified atom stereocenters. The predicted molar refractivity (Wildman–Crippen MR) is 112 cm³/mol. The van der Waals surface area contributed by atoms with Gasteiger partial charge in [0.2, 0.25) is 0 Å². The molecule has 1 atom stereocenters. The number of rotatable bonds is 4. The molecule has 0 saturated carbocycles. The van der Waals surface area contributed by atoms with E-state index in [2.05, 4.69) is 10.2 Å². The number of nitrogens with one attached hydrogen (secondary N) is 1. The standard InChI is InChI=1S/C24H17F2N3O2/c1-31-19-5-3-2-4-18(19)23-20-21(14-6-8-15(25)9-7-14)27-28-22(20)24(30)29(23)17-12-10-16(26)11-13-17/h2-13,23H,1H3,(H,27,28). The van der Waals surface area contributed by atoms with Gasteiger partial charge >= 0.3 is 0 Å². The van der Waals surface area contributed by atoms with Gasteiger partial charge in [0.1, 0.15) is 23.1 Å². The predicted octanol–water partition coefficient (Wildman–Crippen LogP) is 5.11. The minimum atomic E-state index is -0.567. The summed E-state index contributed by atoms with van der Waals surface area (Å²) >= 11 is 0. The zero-order valence-electron chi connectivity index (χ0n) is 16.5. The third-order valence-electron chi connectivity index (χ3n) is 5.42. The van der Waals surface area contributed by atoms with Gasteiger partial charge in [0.15, 0.2) is 0 Å². The van der Waals surface area contributed by atoms with Gasteiger partial charge in [-0.25, -0.2) is 8.78 Å². The molecule has 1 N–H and O–H groups in total. The number of benzene rings is 3. The van der Waals surface area contributed by atoms with Crippen LogP contribution in [-0.4, -0.2) is 23.2 Å². The first-order valence-electron chi connectivity index (χ1n) is 9.64. The normalized spacial score (nSPS) is 15.3. The summed E-state index contributed by atoms with van der Waals surface area (Å²) in [5.41, 5.74) is 3.50. The number of amides is 1. The molecule has 5 rings (SSSR count). The number of hydrogen-bond acceptors (Lipinski definition) is 3. The summed E-state index contributed by atoms with van der Waals surface area (Å²) in [7, 11) is 1.56. The van der Waals surface area contributed by atoms with Crippen molar-refractivity contribution >= 4 is 11.6 Å². The molecule has 0 spiro atoms. The average molecular weight is 417 g/mol. The fraction of sp³-hybridized carbons (Fsp3) is 0.0833. The first-order valence-corrected chi connectivity index (χ1v) is 9.64. The molecule has 1 aromatic heterocycles. The molecule has 0 fully saturated rings. The van der Waals surface area contributed by atoms with E-state index in [1.54, 1.807) is 36.3 Å². The molecule has 0 aliphatic carbocycles. The van der Waals surface area contributed by atoms with Crippen LogP contribution in [0, 0.1) is 11.6 Å². The van der Waals surface area contributed by atoms with Crippen molar-refractivity contribution in [3.8, 4) is 17.0 Å². The molecular formula is C24H17F2N3O2. The van der Waals surface area contributed by atoms with Crippen LogP contribution < -0.4 is 9.64 Å². The Bertz CT molecular complexity index is 1270. The number of carbonyl (C=O) groups is 1. The van der Waals surface area contributed by atoms with Crippen molar-refractivity contribution in [1.29, 1.82) is 0 Å². The number of aromatic amines is 1. The van der Waals surface area contributed by atoms with Gasteiger partial charge < -0.3 is 4.74 Å². The van der Waals surface area contributed by atoms with Crippen molar-refractivity contribution in [3.05, 3.63) is 101 Å². The van der Waals surface area contributed by atoms with E-state index in [1.807, 2.05) is 24.3 Å². The highest BCUT2D eigenvalue weighted by Crippen LogP contribution is 2.47. The van der Waals surface area contributed by atoms with Gasteiger partial charge in [-0.15, -0.1) is 0 Å². The maximum atomic E-state index is 13.6. The monoisotopic (exact) mass is 417 g/mol. The third kappa shape index (κ3) is 3.06. The van der Waals surface area contributed by atoms with E-state index in [0.29, 0.717) is 34.0 Å². The summed E-state index contributed by atoms with van der Waals surface area (Å²) < 4.78 is 32.6. The van der Waals surface area contributed by atoms with Crippen LogP contribution in [0.5, 0.6) is 5.75 Å². The lowest BCUT2D eigenvalue weighted by molar-refractivity contribution is 0.0988. The number of para-hydroxylation sites is 1. The van der Waals surface area contributed by atoms with Gasteiger partial charge in [-0.2, -0.15) is 5.10 Å². The Kier molecular flexibility index (Phi) is 4.51. The van der Waals surface area contributed by atoms with Gasteiger partial charge in [0.05, 0.1) is 18.8 Å². The number of hydrogen-bond donors (Lipinski definition) is 1. The molecule has 5 nitrogen and oxygen atoms in total.